The molecule has 0 saturated heterocycles. The minimum atomic E-state index is -0.624. The number of hydrogen-bond donors (Lipinski definition) is 1. The summed E-state index contributed by atoms with van der Waals surface area (Å²) in [7, 11) is 4.14. The number of halogens is 1. The maximum absolute atomic E-state index is 12.3. The number of carbonyl (C=O) groups excluding carboxylic acids is 2. The fourth-order valence-corrected chi connectivity index (χ4v) is 2.59. The van der Waals surface area contributed by atoms with E-state index in [1.54, 1.807) is 18.2 Å². The summed E-state index contributed by atoms with van der Waals surface area (Å²) < 4.78 is 20.7. The summed E-state index contributed by atoms with van der Waals surface area (Å²) in [6, 6.07) is 8.01. The van der Waals surface area contributed by atoms with Crippen molar-refractivity contribution >= 4 is 29.2 Å². The number of hydrogen-bond acceptors (Lipinski definition) is 6. The lowest BCUT2D eigenvalue weighted by Gasteiger charge is -2.15. The summed E-state index contributed by atoms with van der Waals surface area (Å²) in [4.78, 5) is 24.3. The summed E-state index contributed by atoms with van der Waals surface area (Å²) in [5.41, 5.74) is 1.16. The summed E-state index contributed by atoms with van der Waals surface area (Å²) >= 11 is 5.90. The molecule has 7 nitrogen and oxygen atoms in total. The Kier molecular flexibility index (Phi) is 6.90. The number of benzene rings is 2. The molecule has 0 atom stereocenters. The minimum absolute atomic E-state index is 0.131. The number of ether oxygens (including phenoxy) is 4. The first-order valence-corrected chi connectivity index (χ1v) is 8.30. The lowest BCUT2D eigenvalue weighted by atomic mass is 10.1. The molecule has 0 aliphatic carbocycles. The van der Waals surface area contributed by atoms with Crippen LogP contribution in [0.25, 0.3) is 0 Å². The average molecular weight is 394 g/mol. The SMILES string of the molecule is COC(=O)c1cc(OC)c(OC)cc1NC(=O)COc1ccc(Cl)cc1C. The highest BCUT2D eigenvalue weighted by molar-refractivity contribution is 6.30. The molecule has 2 aromatic carbocycles. The molecule has 1 amide bonds. The number of methoxy groups -OCH3 is 3. The largest absolute Gasteiger partial charge is 0.493 e. The van der Waals surface area contributed by atoms with Crippen LogP contribution in [0.3, 0.4) is 0 Å². The smallest absolute Gasteiger partial charge is 0.340 e. The standard InChI is InChI=1S/C19H20ClNO6/c1-11-7-12(20)5-6-15(11)27-10-18(22)21-14-9-17(25-3)16(24-2)8-13(14)19(23)26-4/h5-9H,10H2,1-4H3,(H,21,22). The van der Waals surface area contributed by atoms with Gasteiger partial charge in [-0.2, -0.15) is 0 Å². The van der Waals surface area contributed by atoms with E-state index in [-0.39, 0.29) is 17.9 Å². The highest BCUT2D eigenvalue weighted by Gasteiger charge is 2.19. The molecule has 0 unspecified atom stereocenters. The van der Waals surface area contributed by atoms with Crippen LogP contribution in [0.2, 0.25) is 5.02 Å². The zero-order valence-corrected chi connectivity index (χ0v) is 16.2. The molecule has 1 N–H and O–H groups in total. The molecule has 2 rings (SSSR count). The molecule has 0 radical (unpaired) electrons. The zero-order chi connectivity index (χ0) is 20.0. The van der Waals surface area contributed by atoms with Gasteiger partial charge in [0.05, 0.1) is 32.6 Å². The summed E-state index contributed by atoms with van der Waals surface area (Å²) in [6.07, 6.45) is 0. The fraction of sp³-hybridized carbons (Fsp3) is 0.263. The summed E-state index contributed by atoms with van der Waals surface area (Å²) in [5.74, 6) is 0.149. The van der Waals surface area contributed by atoms with Gasteiger partial charge in [-0.15, -0.1) is 0 Å². The molecule has 2 aromatic rings. The van der Waals surface area contributed by atoms with Crippen LogP contribution in [-0.2, 0) is 9.53 Å². The van der Waals surface area contributed by atoms with E-state index < -0.39 is 11.9 Å². The lowest BCUT2D eigenvalue weighted by molar-refractivity contribution is -0.118. The maximum Gasteiger partial charge on any atom is 0.340 e. The van der Waals surface area contributed by atoms with Gasteiger partial charge in [0.25, 0.3) is 5.91 Å². The van der Waals surface area contributed by atoms with Crippen LogP contribution in [0, 0.1) is 6.92 Å². The molecule has 144 valence electrons. The first-order chi connectivity index (χ1) is 12.9. The second kappa shape index (κ2) is 9.14. The molecular weight excluding hydrogens is 374 g/mol. The van der Waals surface area contributed by atoms with Gasteiger partial charge in [0, 0.05) is 17.2 Å². The molecule has 0 aromatic heterocycles. The van der Waals surface area contributed by atoms with Gasteiger partial charge in [-0.1, -0.05) is 11.6 Å². The third-order valence-corrected chi connectivity index (χ3v) is 3.93. The van der Waals surface area contributed by atoms with Crippen LogP contribution in [0.4, 0.5) is 5.69 Å². The molecule has 0 aliphatic heterocycles. The topological polar surface area (TPSA) is 83.1 Å². The van der Waals surface area contributed by atoms with Crippen LogP contribution in [-0.4, -0.2) is 39.8 Å². The Bertz CT molecular complexity index is 852. The molecule has 0 heterocycles. The Morgan fingerprint density at radius 2 is 1.67 bits per heavy atom. The number of anilines is 1. The molecule has 27 heavy (non-hydrogen) atoms. The zero-order valence-electron chi connectivity index (χ0n) is 15.4. The average Bonchev–Trinajstić information content (AvgIpc) is 2.66. The Morgan fingerprint density at radius 3 is 2.26 bits per heavy atom. The number of amides is 1. The van der Waals surface area contributed by atoms with Gasteiger partial charge in [0.2, 0.25) is 0 Å². The van der Waals surface area contributed by atoms with Gasteiger partial charge in [0.1, 0.15) is 5.75 Å². The molecule has 0 bridgehead atoms. The van der Waals surface area contributed by atoms with Crippen molar-refractivity contribution < 1.29 is 28.5 Å². The van der Waals surface area contributed by atoms with Crippen molar-refractivity contribution in [3.05, 3.63) is 46.5 Å². The van der Waals surface area contributed by atoms with Crippen LogP contribution in [0.15, 0.2) is 30.3 Å². The van der Waals surface area contributed by atoms with Crippen LogP contribution in [0.1, 0.15) is 15.9 Å². The third kappa shape index (κ3) is 5.04. The molecule has 0 aliphatic rings. The maximum atomic E-state index is 12.3. The summed E-state index contributed by atoms with van der Waals surface area (Å²) in [5, 5.41) is 3.21. The number of aryl methyl sites for hydroxylation is 1. The van der Waals surface area contributed by atoms with Crippen molar-refractivity contribution in [3.8, 4) is 17.2 Å². The van der Waals surface area contributed by atoms with Gasteiger partial charge in [-0.05, 0) is 30.7 Å². The summed E-state index contributed by atoms with van der Waals surface area (Å²) in [6.45, 7) is 1.57. The molecular formula is C19H20ClNO6. The fourth-order valence-electron chi connectivity index (χ4n) is 2.37. The van der Waals surface area contributed by atoms with Crippen LogP contribution >= 0.6 is 11.6 Å². The normalized spacial score (nSPS) is 10.1. The quantitative estimate of drug-likeness (QED) is 0.725. The second-order valence-corrected chi connectivity index (χ2v) is 5.93. The Hall–Kier alpha value is -2.93. The predicted octanol–water partition coefficient (Wildman–Crippen LogP) is 3.47. The third-order valence-electron chi connectivity index (χ3n) is 3.70. The van der Waals surface area contributed by atoms with E-state index in [9.17, 15) is 9.59 Å². The Balaban J connectivity index is 2.19. The van der Waals surface area contributed by atoms with Crippen LogP contribution in [0.5, 0.6) is 17.2 Å². The Morgan fingerprint density at radius 1 is 1.00 bits per heavy atom. The van der Waals surface area contributed by atoms with E-state index in [1.807, 2.05) is 6.92 Å². The molecule has 0 saturated carbocycles. The van der Waals surface area contributed by atoms with Crippen molar-refractivity contribution in [1.29, 1.82) is 0 Å². The van der Waals surface area contributed by atoms with E-state index in [4.69, 9.17) is 30.5 Å². The van der Waals surface area contributed by atoms with Gasteiger partial charge in [-0.25, -0.2) is 4.79 Å². The van der Waals surface area contributed by atoms with Gasteiger partial charge in [-0.3, -0.25) is 4.79 Å². The van der Waals surface area contributed by atoms with E-state index in [0.29, 0.717) is 22.3 Å². The predicted molar refractivity (Wildman–Crippen MR) is 101 cm³/mol. The van der Waals surface area contributed by atoms with E-state index >= 15 is 0 Å². The number of esters is 1. The van der Waals surface area contributed by atoms with Crippen molar-refractivity contribution in [2.45, 2.75) is 6.92 Å². The highest BCUT2D eigenvalue weighted by Crippen LogP contribution is 2.33. The second-order valence-electron chi connectivity index (χ2n) is 5.49. The van der Waals surface area contributed by atoms with Crippen molar-refractivity contribution in [3.63, 3.8) is 0 Å². The number of carbonyl (C=O) groups is 2. The van der Waals surface area contributed by atoms with Crippen molar-refractivity contribution in [1.82, 2.24) is 0 Å². The van der Waals surface area contributed by atoms with Gasteiger partial charge < -0.3 is 24.3 Å². The van der Waals surface area contributed by atoms with Crippen molar-refractivity contribution in [2.24, 2.45) is 0 Å². The van der Waals surface area contributed by atoms with E-state index in [1.165, 1.54) is 33.5 Å². The van der Waals surface area contributed by atoms with E-state index in [0.717, 1.165) is 5.56 Å². The first kappa shape index (κ1) is 20.4. The number of nitrogens with one attached hydrogen (secondary N) is 1. The minimum Gasteiger partial charge on any atom is -0.493 e. The van der Waals surface area contributed by atoms with Crippen LogP contribution < -0.4 is 19.5 Å². The molecule has 0 spiro atoms. The first-order valence-electron chi connectivity index (χ1n) is 7.92. The monoisotopic (exact) mass is 393 g/mol. The number of rotatable bonds is 7. The Labute approximate surface area is 162 Å². The van der Waals surface area contributed by atoms with Gasteiger partial charge in [0.15, 0.2) is 18.1 Å². The van der Waals surface area contributed by atoms with Gasteiger partial charge >= 0.3 is 5.97 Å². The van der Waals surface area contributed by atoms with E-state index in [2.05, 4.69) is 5.32 Å². The molecule has 0 fully saturated rings. The highest BCUT2D eigenvalue weighted by atomic mass is 35.5. The lowest BCUT2D eigenvalue weighted by Crippen LogP contribution is -2.22. The van der Waals surface area contributed by atoms with Crippen molar-refractivity contribution in [2.75, 3.05) is 33.3 Å². The molecule has 8 heteroatoms.